The van der Waals surface area contributed by atoms with Crippen molar-refractivity contribution in [2.45, 2.75) is 6.92 Å². The fourth-order valence-corrected chi connectivity index (χ4v) is 3.90. The first kappa shape index (κ1) is 17.0. The second-order valence-electron chi connectivity index (χ2n) is 5.30. The summed E-state index contributed by atoms with van der Waals surface area (Å²) in [5, 5.41) is 0.575. The quantitative estimate of drug-likeness (QED) is 0.510. The van der Waals surface area contributed by atoms with Gasteiger partial charge in [0.25, 0.3) is 5.91 Å². The van der Waals surface area contributed by atoms with E-state index in [9.17, 15) is 4.79 Å². The average Bonchev–Trinajstić information content (AvgIpc) is 2.82. The Morgan fingerprint density at radius 1 is 1.17 bits per heavy atom. The molecule has 0 spiro atoms. The van der Waals surface area contributed by atoms with Gasteiger partial charge in [-0.1, -0.05) is 78.1 Å². The molecule has 2 nitrogen and oxygen atoms in total. The Morgan fingerprint density at radius 2 is 1.92 bits per heavy atom. The molecule has 1 fully saturated rings. The van der Waals surface area contributed by atoms with Crippen LogP contribution in [0.2, 0.25) is 5.02 Å². The van der Waals surface area contributed by atoms with Crippen LogP contribution in [-0.2, 0) is 4.79 Å². The minimum absolute atomic E-state index is 0.118. The van der Waals surface area contributed by atoms with Crippen LogP contribution in [0, 0.1) is 0 Å². The first-order chi connectivity index (χ1) is 11.5. The van der Waals surface area contributed by atoms with Gasteiger partial charge in [-0.2, -0.15) is 0 Å². The number of rotatable bonds is 3. The molecule has 5 heteroatoms. The molecule has 1 saturated heterocycles. The van der Waals surface area contributed by atoms with E-state index in [-0.39, 0.29) is 5.91 Å². The van der Waals surface area contributed by atoms with E-state index in [1.165, 1.54) is 16.7 Å². The van der Waals surface area contributed by atoms with Crippen LogP contribution in [-0.4, -0.2) is 10.2 Å². The lowest BCUT2D eigenvalue weighted by molar-refractivity contribution is -0.113. The van der Waals surface area contributed by atoms with Crippen molar-refractivity contribution in [1.29, 1.82) is 0 Å². The molecule has 0 saturated carbocycles. The fraction of sp³-hybridized carbons (Fsp3) is 0.0526. The zero-order valence-electron chi connectivity index (χ0n) is 12.9. The van der Waals surface area contributed by atoms with Crippen molar-refractivity contribution in [2.24, 2.45) is 0 Å². The van der Waals surface area contributed by atoms with E-state index in [1.807, 2.05) is 55.5 Å². The number of nitrogens with zero attached hydrogens (tertiary/aromatic N) is 1. The molecule has 0 aliphatic carbocycles. The van der Waals surface area contributed by atoms with Gasteiger partial charge in [0.05, 0.1) is 10.6 Å². The van der Waals surface area contributed by atoms with Crippen molar-refractivity contribution in [3.05, 3.63) is 81.7 Å². The zero-order chi connectivity index (χ0) is 17.1. The smallest absolute Gasteiger partial charge is 0.268 e. The molecule has 120 valence electrons. The Labute approximate surface area is 155 Å². The lowest BCUT2D eigenvalue weighted by atomic mass is 10.1. The standard InChI is InChI=1S/C19H14ClNOS2/c1-13(10-14-6-3-2-4-7-14)11-17-18(22)21(19(23)24-17)16-9-5-8-15(20)12-16/h2-12H,1H3/b13-10+,17-11+. The van der Waals surface area contributed by atoms with Crippen LogP contribution in [0.5, 0.6) is 0 Å². The van der Waals surface area contributed by atoms with Gasteiger partial charge in [-0.15, -0.1) is 0 Å². The molecule has 3 rings (SSSR count). The number of anilines is 1. The number of amides is 1. The predicted molar refractivity (Wildman–Crippen MR) is 107 cm³/mol. The molecule has 0 radical (unpaired) electrons. The average molecular weight is 372 g/mol. The molecule has 0 atom stereocenters. The van der Waals surface area contributed by atoms with Gasteiger partial charge in [0.2, 0.25) is 0 Å². The number of thioether (sulfide) groups is 1. The molecule has 1 aliphatic heterocycles. The Bertz CT molecular complexity index is 859. The maximum absolute atomic E-state index is 12.7. The SMILES string of the molecule is CC(=C\c1ccccc1)/C=C1/SC(=S)N(c2cccc(Cl)c2)C1=O. The molecule has 1 heterocycles. The van der Waals surface area contributed by atoms with E-state index in [0.29, 0.717) is 19.9 Å². The lowest BCUT2D eigenvalue weighted by Gasteiger charge is -2.14. The van der Waals surface area contributed by atoms with Crippen LogP contribution in [0.1, 0.15) is 12.5 Å². The molecule has 1 aliphatic rings. The number of halogens is 1. The zero-order valence-corrected chi connectivity index (χ0v) is 15.3. The monoisotopic (exact) mass is 371 g/mol. The van der Waals surface area contributed by atoms with Gasteiger partial charge in [0, 0.05) is 5.02 Å². The second-order valence-corrected chi connectivity index (χ2v) is 7.41. The Kier molecular flexibility index (Phi) is 5.19. The van der Waals surface area contributed by atoms with Crippen LogP contribution in [0.25, 0.3) is 6.08 Å². The maximum Gasteiger partial charge on any atom is 0.270 e. The Morgan fingerprint density at radius 3 is 2.62 bits per heavy atom. The third kappa shape index (κ3) is 3.78. The van der Waals surface area contributed by atoms with Crippen molar-refractivity contribution >= 4 is 57.6 Å². The van der Waals surface area contributed by atoms with Gasteiger partial charge in [-0.3, -0.25) is 9.69 Å². The molecule has 2 aromatic rings. The number of benzene rings is 2. The summed E-state index contributed by atoms with van der Waals surface area (Å²) in [6, 6.07) is 17.1. The van der Waals surface area contributed by atoms with Crippen LogP contribution >= 0.6 is 35.6 Å². The third-order valence-electron chi connectivity index (χ3n) is 3.41. The maximum atomic E-state index is 12.7. The number of thiocarbonyl (C=S) groups is 1. The fourth-order valence-electron chi connectivity index (χ4n) is 2.37. The minimum atomic E-state index is -0.118. The minimum Gasteiger partial charge on any atom is -0.268 e. The number of carbonyl (C=O) groups is 1. The summed E-state index contributed by atoms with van der Waals surface area (Å²) in [7, 11) is 0. The van der Waals surface area contributed by atoms with Crippen molar-refractivity contribution in [2.75, 3.05) is 4.90 Å². The van der Waals surface area contributed by atoms with Gasteiger partial charge >= 0.3 is 0 Å². The van der Waals surface area contributed by atoms with E-state index in [1.54, 1.807) is 18.2 Å². The van der Waals surface area contributed by atoms with Gasteiger partial charge in [-0.25, -0.2) is 0 Å². The molecular weight excluding hydrogens is 358 g/mol. The van der Waals surface area contributed by atoms with Crippen molar-refractivity contribution in [3.63, 3.8) is 0 Å². The molecule has 0 unspecified atom stereocenters. The molecule has 0 N–H and O–H groups in total. The van der Waals surface area contributed by atoms with E-state index in [2.05, 4.69) is 0 Å². The molecule has 24 heavy (non-hydrogen) atoms. The normalized spacial score (nSPS) is 17.0. The van der Waals surface area contributed by atoms with Crippen LogP contribution in [0.3, 0.4) is 0 Å². The van der Waals surface area contributed by atoms with Gasteiger partial charge in [-0.05, 0) is 42.3 Å². The van der Waals surface area contributed by atoms with Gasteiger partial charge in [0.15, 0.2) is 4.32 Å². The van der Waals surface area contributed by atoms with Gasteiger partial charge < -0.3 is 0 Å². The van der Waals surface area contributed by atoms with E-state index in [4.69, 9.17) is 23.8 Å². The van der Waals surface area contributed by atoms with Crippen molar-refractivity contribution < 1.29 is 4.79 Å². The highest BCUT2D eigenvalue weighted by Crippen LogP contribution is 2.36. The summed E-state index contributed by atoms with van der Waals surface area (Å²) < 4.78 is 0.515. The van der Waals surface area contributed by atoms with Crippen molar-refractivity contribution in [3.8, 4) is 0 Å². The Hall–Kier alpha value is -1.88. The largest absolute Gasteiger partial charge is 0.270 e. The number of allylic oxidation sites excluding steroid dienone is 2. The number of carbonyl (C=O) groups excluding carboxylic acids is 1. The highest BCUT2D eigenvalue weighted by molar-refractivity contribution is 8.27. The van der Waals surface area contributed by atoms with E-state index >= 15 is 0 Å². The second kappa shape index (κ2) is 7.34. The summed E-state index contributed by atoms with van der Waals surface area (Å²) in [6.07, 6.45) is 3.91. The number of hydrogen-bond acceptors (Lipinski definition) is 3. The van der Waals surface area contributed by atoms with Crippen LogP contribution < -0.4 is 4.90 Å². The first-order valence-corrected chi connectivity index (χ1v) is 8.92. The summed E-state index contributed by atoms with van der Waals surface area (Å²) in [4.78, 5) is 14.8. The third-order valence-corrected chi connectivity index (χ3v) is 4.95. The predicted octanol–water partition coefficient (Wildman–Crippen LogP) is 5.69. The van der Waals surface area contributed by atoms with Gasteiger partial charge in [0.1, 0.15) is 0 Å². The summed E-state index contributed by atoms with van der Waals surface area (Å²) in [5.74, 6) is -0.118. The summed E-state index contributed by atoms with van der Waals surface area (Å²) in [6.45, 7) is 1.97. The van der Waals surface area contributed by atoms with E-state index in [0.717, 1.165) is 11.1 Å². The van der Waals surface area contributed by atoms with Crippen molar-refractivity contribution in [1.82, 2.24) is 0 Å². The molecule has 1 amide bonds. The molecule has 0 aromatic heterocycles. The molecule has 2 aromatic carbocycles. The number of hydrogen-bond donors (Lipinski definition) is 0. The highest BCUT2D eigenvalue weighted by atomic mass is 35.5. The highest BCUT2D eigenvalue weighted by Gasteiger charge is 2.33. The lowest BCUT2D eigenvalue weighted by Crippen LogP contribution is -2.27. The van der Waals surface area contributed by atoms with E-state index < -0.39 is 0 Å². The Balaban J connectivity index is 1.87. The topological polar surface area (TPSA) is 20.3 Å². The molecular formula is C19H14ClNOS2. The van der Waals surface area contributed by atoms with Crippen LogP contribution in [0.15, 0.2) is 71.2 Å². The molecule has 0 bridgehead atoms. The van der Waals surface area contributed by atoms with Crippen LogP contribution in [0.4, 0.5) is 5.69 Å². The summed E-state index contributed by atoms with van der Waals surface area (Å²) in [5.41, 5.74) is 2.78. The summed E-state index contributed by atoms with van der Waals surface area (Å²) >= 11 is 12.7. The first-order valence-electron chi connectivity index (χ1n) is 7.31.